The Morgan fingerprint density at radius 2 is 1.71 bits per heavy atom. The summed E-state index contributed by atoms with van der Waals surface area (Å²) in [5.74, 6) is 0.742. The summed E-state index contributed by atoms with van der Waals surface area (Å²) in [6.07, 6.45) is 1.57. The van der Waals surface area contributed by atoms with E-state index in [2.05, 4.69) is 26.6 Å². The van der Waals surface area contributed by atoms with E-state index in [-0.39, 0.29) is 5.70 Å². The van der Waals surface area contributed by atoms with Crippen LogP contribution in [0.5, 0.6) is 11.5 Å². The number of nitrogens with one attached hydrogen (secondary N) is 2. The lowest BCUT2D eigenvalue weighted by atomic mass is 10.1. The van der Waals surface area contributed by atoms with Gasteiger partial charge in [0.25, 0.3) is 5.91 Å². The molecule has 1 heterocycles. The molecule has 2 rings (SSSR count). The number of hydrogen-bond donors (Lipinski definition) is 2. The fourth-order valence-electron chi connectivity index (χ4n) is 1.84. The molecule has 1 aromatic rings. The molecule has 0 aliphatic carbocycles. The first-order valence-electron chi connectivity index (χ1n) is 6.48. The second kappa shape index (κ2) is 6.62. The Morgan fingerprint density at radius 3 is 2.24 bits per heavy atom. The van der Waals surface area contributed by atoms with Crippen LogP contribution in [0.25, 0.3) is 6.08 Å². The van der Waals surface area contributed by atoms with Crippen molar-refractivity contribution in [2.24, 2.45) is 0 Å². The van der Waals surface area contributed by atoms with Crippen LogP contribution in [0.4, 0.5) is 4.79 Å². The average molecular weight is 355 g/mol. The van der Waals surface area contributed by atoms with E-state index >= 15 is 0 Å². The molecule has 1 saturated heterocycles. The largest absolute Gasteiger partial charge is 0.490 e. The van der Waals surface area contributed by atoms with Gasteiger partial charge in [0.15, 0.2) is 11.5 Å². The van der Waals surface area contributed by atoms with Crippen molar-refractivity contribution >= 4 is 33.9 Å². The Bertz CT molecular complexity index is 613. The molecule has 0 aromatic heterocycles. The number of carbonyl (C=O) groups is 2. The summed E-state index contributed by atoms with van der Waals surface area (Å²) in [5.41, 5.74) is 0.890. The third-order valence-electron chi connectivity index (χ3n) is 2.68. The molecule has 0 spiro atoms. The normalized spacial score (nSPS) is 15.9. The molecule has 1 aliphatic rings. The van der Waals surface area contributed by atoms with Gasteiger partial charge in [-0.25, -0.2) is 4.79 Å². The van der Waals surface area contributed by atoms with Crippen molar-refractivity contribution in [2.75, 3.05) is 13.2 Å². The molecule has 7 heteroatoms. The SMILES string of the molecule is CCOc1cc(Br)c(/C=C2/NC(=O)NC2=O)cc1OCC. The van der Waals surface area contributed by atoms with E-state index in [4.69, 9.17) is 9.47 Å². The molecule has 1 aliphatic heterocycles. The number of halogens is 1. The van der Waals surface area contributed by atoms with Gasteiger partial charge in [0.1, 0.15) is 5.70 Å². The third kappa shape index (κ3) is 3.55. The zero-order valence-corrected chi connectivity index (χ0v) is 13.2. The number of ether oxygens (including phenoxy) is 2. The second-order valence-corrected chi connectivity index (χ2v) is 5.01. The Hall–Kier alpha value is -2.02. The van der Waals surface area contributed by atoms with Crippen LogP contribution in [-0.4, -0.2) is 25.2 Å². The predicted octanol–water partition coefficient (Wildman–Crippen LogP) is 2.43. The molecule has 1 aromatic carbocycles. The van der Waals surface area contributed by atoms with Gasteiger partial charge < -0.3 is 14.8 Å². The first kappa shape index (κ1) is 15.4. The van der Waals surface area contributed by atoms with Crippen LogP contribution in [0.15, 0.2) is 22.3 Å². The summed E-state index contributed by atoms with van der Waals surface area (Å²) in [6.45, 7) is 4.78. The summed E-state index contributed by atoms with van der Waals surface area (Å²) in [5, 5.41) is 4.59. The van der Waals surface area contributed by atoms with E-state index in [1.54, 1.807) is 18.2 Å². The Labute approximate surface area is 130 Å². The van der Waals surface area contributed by atoms with Gasteiger partial charge in [-0.15, -0.1) is 0 Å². The van der Waals surface area contributed by atoms with E-state index in [0.29, 0.717) is 30.3 Å². The maximum atomic E-state index is 11.5. The van der Waals surface area contributed by atoms with Gasteiger partial charge in [-0.2, -0.15) is 0 Å². The lowest BCUT2D eigenvalue weighted by Crippen LogP contribution is -2.22. The van der Waals surface area contributed by atoms with E-state index in [1.165, 1.54) is 0 Å². The minimum absolute atomic E-state index is 0.187. The molecule has 21 heavy (non-hydrogen) atoms. The van der Waals surface area contributed by atoms with Crippen molar-refractivity contribution in [3.8, 4) is 11.5 Å². The molecule has 1 fully saturated rings. The Morgan fingerprint density at radius 1 is 1.10 bits per heavy atom. The summed E-state index contributed by atoms with van der Waals surface area (Å²) in [4.78, 5) is 22.7. The van der Waals surface area contributed by atoms with Crippen LogP contribution in [0.3, 0.4) is 0 Å². The Kier molecular flexibility index (Phi) is 4.85. The van der Waals surface area contributed by atoms with E-state index < -0.39 is 11.9 Å². The molecule has 6 nitrogen and oxygen atoms in total. The zero-order valence-electron chi connectivity index (χ0n) is 11.7. The fraction of sp³-hybridized carbons (Fsp3) is 0.286. The molecule has 112 valence electrons. The van der Waals surface area contributed by atoms with Crippen LogP contribution in [0, 0.1) is 0 Å². The average Bonchev–Trinajstić information content (AvgIpc) is 2.73. The van der Waals surface area contributed by atoms with Gasteiger partial charge in [0.2, 0.25) is 0 Å². The molecule has 0 saturated carbocycles. The molecule has 0 unspecified atom stereocenters. The van der Waals surface area contributed by atoms with Gasteiger partial charge in [0.05, 0.1) is 13.2 Å². The molecular weight excluding hydrogens is 340 g/mol. The highest BCUT2D eigenvalue weighted by Gasteiger charge is 2.23. The van der Waals surface area contributed by atoms with Crippen LogP contribution < -0.4 is 20.1 Å². The number of hydrogen-bond acceptors (Lipinski definition) is 4. The predicted molar refractivity (Wildman–Crippen MR) is 81.1 cm³/mol. The topological polar surface area (TPSA) is 76.7 Å². The number of imide groups is 1. The van der Waals surface area contributed by atoms with Gasteiger partial charge in [-0.1, -0.05) is 15.9 Å². The molecule has 0 radical (unpaired) electrons. The summed E-state index contributed by atoms with van der Waals surface area (Å²) in [6, 6.07) is 3.00. The highest BCUT2D eigenvalue weighted by molar-refractivity contribution is 9.10. The monoisotopic (exact) mass is 354 g/mol. The van der Waals surface area contributed by atoms with E-state index in [1.807, 2.05) is 13.8 Å². The zero-order chi connectivity index (χ0) is 15.4. The number of rotatable bonds is 5. The first-order chi connectivity index (χ1) is 10.0. The summed E-state index contributed by atoms with van der Waals surface area (Å²) >= 11 is 3.42. The van der Waals surface area contributed by atoms with Gasteiger partial charge in [0, 0.05) is 4.47 Å². The minimum atomic E-state index is -0.529. The van der Waals surface area contributed by atoms with E-state index in [0.717, 1.165) is 4.47 Å². The van der Waals surface area contributed by atoms with Gasteiger partial charge in [-0.3, -0.25) is 10.1 Å². The molecular formula is C14H15BrN2O4. The fourth-order valence-corrected chi connectivity index (χ4v) is 2.27. The smallest absolute Gasteiger partial charge is 0.326 e. The van der Waals surface area contributed by atoms with E-state index in [9.17, 15) is 9.59 Å². The molecule has 3 amide bonds. The quantitative estimate of drug-likeness (QED) is 0.628. The van der Waals surface area contributed by atoms with Crippen molar-refractivity contribution in [3.05, 3.63) is 27.9 Å². The standard InChI is InChI=1S/C14H15BrN2O4/c1-3-20-11-6-8(9(15)7-12(11)21-4-2)5-10-13(18)17-14(19)16-10/h5-7H,3-4H2,1-2H3,(H2,16,17,18,19)/b10-5+. The number of amides is 3. The van der Waals surface area contributed by atoms with Crippen LogP contribution in [-0.2, 0) is 4.79 Å². The van der Waals surface area contributed by atoms with Crippen molar-refractivity contribution < 1.29 is 19.1 Å². The van der Waals surface area contributed by atoms with Crippen molar-refractivity contribution in [1.29, 1.82) is 0 Å². The number of urea groups is 1. The highest BCUT2D eigenvalue weighted by atomic mass is 79.9. The first-order valence-corrected chi connectivity index (χ1v) is 7.27. The number of benzene rings is 1. The molecule has 0 atom stereocenters. The van der Waals surface area contributed by atoms with Crippen LogP contribution >= 0.6 is 15.9 Å². The highest BCUT2D eigenvalue weighted by Crippen LogP contribution is 2.35. The second-order valence-electron chi connectivity index (χ2n) is 4.15. The van der Waals surface area contributed by atoms with Crippen molar-refractivity contribution in [1.82, 2.24) is 10.6 Å². The third-order valence-corrected chi connectivity index (χ3v) is 3.37. The van der Waals surface area contributed by atoms with Crippen molar-refractivity contribution in [2.45, 2.75) is 13.8 Å². The van der Waals surface area contributed by atoms with Gasteiger partial charge >= 0.3 is 6.03 Å². The van der Waals surface area contributed by atoms with Gasteiger partial charge in [-0.05, 0) is 37.6 Å². The summed E-state index contributed by atoms with van der Waals surface area (Å²) < 4.78 is 11.8. The maximum Gasteiger partial charge on any atom is 0.326 e. The van der Waals surface area contributed by atoms with Crippen LogP contribution in [0.2, 0.25) is 0 Å². The number of carbonyl (C=O) groups excluding carboxylic acids is 2. The van der Waals surface area contributed by atoms with Crippen LogP contribution in [0.1, 0.15) is 19.4 Å². The molecule has 0 bridgehead atoms. The maximum absolute atomic E-state index is 11.5. The summed E-state index contributed by atoms with van der Waals surface area (Å²) in [7, 11) is 0. The lowest BCUT2D eigenvalue weighted by Gasteiger charge is -2.13. The lowest BCUT2D eigenvalue weighted by molar-refractivity contribution is -0.115. The Balaban J connectivity index is 2.40. The van der Waals surface area contributed by atoms with Crippen molar-refractivity contribution in [3.63, 3.8) is 0 Å². The molecule has 2 N–H and O–H groups in total. The minimum Gasteiger partial charge on any atom is -0.490 e.